The number of aliphatic hydroxyl groups excluding tert-OH is 1. The van der Waals surface area contributed by atoms with E-state index in [1.165, 1.54) is 7.11 Å². The minimum absolute atomic E-state index is 0.0123. The van der Waals surface area contributed by atoms with E-state index in [1.807, 2.05) is 0 Å². The number of ether oxygens (including phenoxy) is 2. The minimum Gasteiger partial charge on any atom is -0.497 e. The predicted molar refractivity (Wildman–Crippen MR) is 86.6 cm³/mol. The summed E-state index contributed by atoms with van der Waals surface area (Å²) >= 11 is 0. The molecule has 6 heteroatoms. The van der Waals surface area contributed by atoms with Crippen LogP contribution in [0.15, 0.2) is 48.5 Å². The van der Waals surface area contributed by atoms with Gasteiger partial charge in [-0.15, -0.1) is 0 Å². The Balaban J connectivity index is 1.92. The normalized spacial score (nSPS) is 11.6. The molecule has 2 aromatic rings. The van der Waals surface area contributed by atoms with Crippen molar-refractivity contribution in [3.8, 4) is 11.5 Å². The molecule has 24 heavy (non-hydrogen) atoms. The summed E-state index contributed by atoms with van der Waals surface area (Å²) in [4.78, 5) is 22.7. The van der Waals surface area contributed by atoms with E-state index in [4.69, 9.17) is 14.6 Å². The van der Waals surface area contributed by atoms with Crippen LogP contribution in [0.3, 0.4) is 0 Å². The van der Waals surface area contributed by atoms with E-state index in [0.717, 1.165) is 0 Å². The molecule has 0 unspecified atom stereocenters. The van der Waals surface area contributed by atoms with Gasteiger partial charge in [0.25, 0.3) is 0 Å². The van der Waals surface area contributed by atoms with Crippen LogP contribution in [0.25, 0.3) is 0 Å². The van der Waals surface area contributed by atoms with E-state index in [9.17, 15) is 14.7 Å². The summed E-state index contributed by atoms with van der Waals surface area (Å²) in [5, 5.41) is 18.0. The molecule has 0 bridgehead atoms. The van der Waals surface area contributed by atoms with E-state index in [2.05, 4.69) is 0 Å². The second kappa shape index (κ2) is 8.12. The molecule has 0 aliphatic carbocycles. The molecule has 2 N–H and O–H groups in total. The highest BCUT2D eigenvalue weighted by Crippen LogP contribution is 2.16. The molecule has 0 aliphatic rings. The molecule has 0 fully saturated rings. The second-order valence-corrected chi connectivity index (χ2v) is 5.15. The van der Waals surface area contributed by atoms with Crippen molar-refractivity contribution in [2.24, 2.45) is 0 Å². The van der Waals surface area contributed by atoms with Crippen molar-refractivity contribution in [2.45, 2.75) is 12.5 Å². The number of hydrogen-bond donors (Lipinski definition) is 2. The number of carboxylic acids is 1. The fourth-order valence-corrected chi connectivity index (χ4v) is 2.06. The summed E-state index contributed by atoms with van der Waals surface area (Å²) < 4.78 is 10.5. The smallest absolute Gasteiger partial charge is 0.332 e. The number of carbonyl (C=O) groups is 2. The van der Waals surface area contributed by atoms with Gasteiger partial charge in [0, 0.05) is 12.0 Å². The van der Waals surface area contributed by atoms with Gasteiger partial charge in [-0.25, -0.2) is 4.79 Å². The SMILES string of the molecule is COc1cccc(C(=O)COc2ccc(C[C@H](O)C(=O)O)cc2)c1. The first-order valence-corrected chi connectivity index (χ1v) is 7.29. The van der Waals surface area contributed by atoms with Gasteiger partial charge in [0.15, 0.2) is 18.5 Å². The van der Waals surface area contributed by atoms with Crippen molar-refractivity contribution in [1.82, 2.24) is 0 Å². The average molecular weight is 330 g/mol. The lowest BCUT2D eigenvalue weighted by molar-refractivity contribution is -0.146. The number of hydrogen-bond acceptors (Lipinski definition) is 5. The predicted octanol–water partition coefficient (Wildman–Crippen LogP) is 1.94. The van der Waals surface area contributed by atoms with E-state index in [0.29, 0.717) is 22.6 Å². The number of carbonyl (C=O) groups excluding carboxylic acids is 1. The van der Waals surface area contributed by atoms with E-state index in [-0.39, 0.29) is 18.8 Å². The fourth-order valence-electron chi connectivity index (χ4n) is 2.06. The highest BCUT2D eigenvalue weighted by molar-refractivity contribution is 5.97. The maximum Gasteiger partial charge on any atom is 0.332 e. The van der Waals surface area contributed by atoms with Crippen molar-refractivity contribution in [2.75, 3.05) is 13.7 Å². The number of aliphatic carboxylic acids is 1. The maximum absolute atomic E-state index is 12.1. The van der Waals surface area contributed by atoms with Crippen LogP contribution < -0.4 is 9.47 Å². The van der Waals surface area contributed by atoms with Gasteiger partial charge in [-0.2, -0.15) is 0 Å². The summed E-state index contributed by atoms with van der Waals surface area (Å²) in [6.07, 6.45) is -1.43. The van der Waals surface area contributed by atoms with Crippen molar-refractivity contribution >= 4 is 11.8 Å². The van der Waals surface area contributed by atoms with E-state index in [1.54, 1.807) is 48.5 Å². The van der Waals surface area contributed by atoms with Gasteiger partial charge in [0.2, 0.25) is 0 Å². The zero-order chi connectivity index (χ0) is 17.5. The number of aliphatic hydroxyl groups is 1. The van der Waals surface area contributed by atoms with Crippen LogP contribution in [0.1, 0.15) is 15.9 Å². The third kappa shape index (κ3) is 4.82. The Morgan fingerprint density at radius 3 is 2.42 bits per heavy atom. The number of ketones is 1. The van der Waals surface area contributed by atoms with Crippen molar-refractivity contribution in [3.05, 3.63) is 59.7 Å². The zero-order valence-electron chi connectivity index (χ0n) is 13.1. The molecular weight excluding hydrogens is 312 g/mol. The molecule has 0 radical (unpaired) electrons. The second-order valence-electron chi connectivity index (χ2n) is 5.15. The third-order valence-electron chi connectivity index (χ3n) is 3.40. The molecule has 0 aromatic heterocycles. The Kier molecular flexibility index (Phi) is 5.92. The molecule has 6 nitrogen and oxygen atoms in total. The highest BCUT2D eigenvalue weighted by Gasteiger charge is 2.13. The summed E-state index contributed by atoms with van der Waals surface area (Å²) in [5.74, 6) is -0.361. The molecule has 0 spiro atoms. The number of methoxy groups -OCH3 is 1. The monoisotopic (exact) mass is 330 g/mol. The van der Waals surface area contributed by atoms with Crippen LogP contribution >= 0.6 is 0 Å². The Hall–Kier alpha value is -2.86. The largest absolute Gasteiger partial charge is 0.497 e. The first-order chi connectivity index (χ1) is 11.5. The van der Waals surface area contributed by atoms with Crippen molar-refractivity contribution in [1.29, 1.82) is 0 Å². The van der Waals surface area contributed by atoms with Gasteiger partial charge in [0.1, 0.15) is 11.5 Å². The molecule has 0 saturated carbocycles. The summed E-state index contributed by atoms with van der Waals surface area (Å²) in [6.45, 7) is -0.121. The Labute approximate surface area is 139 Å². The minimum atomic E-state index is -1.44. The number of rotatable bonds is 8. The van der Waals surface area contributed by atoms with Gasteiger partial charge < -0.3 is 19.7 Å². The fraction of sp³-hybridized carbons (Fsp3) is 0.222. The lowest BCUT2D eigenvalue weighted by Gasteiger charge is -2.09. The molecule has 1 atom stereocenters. The zero-order valence-corrected chi connectivity index (χ0v) is 13.1. The first-order valence-electron chi connectivity index (χ1n) is 7.29. The number of Topliss-reactive ketones (excluding diaryl/α,β-unsaturated/α-hetero) is 1. The quantitative estimate of drug-likeness (QED) is 0.719. The van der Waals surface area contributed by atoms with Crippen LogP contribution in [0.5, 0.6) is 11.5 Å². The van der Waals surface area contributed by atoms with Crippen LogP contribution in [0, 0.1) is 0 Å². The Morgan fingerprint density at radius 1 is 1.08 bits per heavy atom. The summed E-state index contributed by atoms with van der Waals surface area (Å²) in [7, 11) is 1.53. The highest BCUT2D eigenvalue weighted by atomic mass is 16.5. The lowest BCUT2D eigenvalue weighted by Crippen LogP contribution is -2.21. The van der Waals surface area contributed by atoms with Gasteiger partial charge in [-0.3, -0.25) is 4.79 Å². The van der Waals surface area contributed by atoms with E-state index < -0.39 is 12.1 Å². The van der Waals surface area contributed by atoms with Crippen LogP contribution in [0.2, 0.25) is 0 Å². The molecule has 0 amide bonds. The lowest BCUT2D eigenvalue weighted by atomic mass is 10.1. The molecule has 2 rings (SSSR count). The molecule has 0 aliphatic heterocycles. The van der Waals surface area contributed by atoms with Gasteiger partial charge in [-0.1, -0.05) is 24.3 Å². The Bertz CT molecular complexity index is 708. The Morgan fingerprint density at radius 2 is 1.79 bits per heavy atom. The van der Waals surface area contributed by atoms with Crippen LogP contribution in [0.4, 0.5) is 0 Å². The first kappa shape index (κ1) is 17.5. The van der Waals surface area contributed by atoms with Gasteiger partial charge >= 0.3 is 5.97 Å². The molecule has 0 saturated heterocycles. The van der Waals surface area contributed by atoms with Gasteiger partial charge in [-0.05, 0) is 29.8 Å². The van der Waals surface area contributed by atoms with E-state index >= 15 is 0 Å². The summed E-state index contributed by atoms with van der Waals surface area (Å²) in [6, 6.07) is 13.4. The molecular formula is C18H18O6. The van der Waals surface area contributed by atoms with Gasteiger partial charge in [0.05, 0.1) is 7.11 Å². The van der Waals surface area contributed by atoms with Crippen molar-refractivity contribution < 1.29 is 29.3 Å². The summed E-state index contributed by atoms with van der Waals surface area (Å²) in [5.41, 5.74) is 1.16. The molecule has 126 valence electrons. The molecule has 0 heterocycles. The van der Waals surface area contributed by atoms with Crippen molar-refractivity contribution in [3.63, 3.8) is 0 Å². The third-order valence-corrected chi connectivity index (χ3v) is 3.40. The van der Waals surface area contributed by atoms with Crippen LogP contribution in [-0.4, -0.2) is 41.8 Å². The number of carboxylic acid groups (broad SMARTS) is 1. The maximum atomic E-state index is 12.1. The topological polar surface area (TPSA) is 93.1 Å². The number of benzene rings is 2. The average Bonchev–Trinajstić information content (AvgIpc) is 2.60. The standard InChI is InChI=1S/C18H18O6/c1-23-15-4-2-3-13(10-15)17(20)11-24-14-7-5-12(6-8-14)9-16(19)18(21)22/h2-8,10,16,19H,9,11H2,1H3,(H,21,22)/t16-/m0/s1. The van der Waals surface area contributed by atoms with Crippen LogP contribution in [-0.2, 0) is 11.2 Å². The molecule has 2 aromatic carbocycles.